The summed E-state index contributed by atoms with van der Waals surface area (Å²) in [6.07, 6.45) is 0.674. The molecule has 0 radical (unpaired) electrons. The lowest BCUT2D eigenvalue weighted by Crippen LogP contribution is -2.53. The second kappa shape index (κ2) is 11.6. The van der Waals surface area contributed by atoms with Gasteiger partial charge in [0.1, 0.15) is 5.82 Å². The smallest absolute Gasteiger partial charge is 0.211 e. The van der Waals surface area contributed by atoms with Crippen molar-refractivity contribution in [2.24, 2.45) is 4.99 Å². The number of halogens is 2. The molecule has 0 aromatic heterocycles. The molecule has 1 aromatic rings. The molecular formula is C17H29FIN5O2S. The van der Waals surface area contributed by atoms with Gasteiger partial charge in [0.2, 0.25) is 10.0 Å². The number of guanidine groups is 1. The zero-order valence-corrected chi connectivity index (χ0v) is 19.0. The highest BCUT2D eigenvalue weighted by molar-refractivity contribution is 14.0. The van der Waals surface area contributed by atoms with Crippen molar-refractivity contribution in [3.8, 4) is 0 Å². The normalized spacial score (nSPS) is 15.4. The predicted molar refractivity (Wildman–Crippen MR) is 119 cm³/mol. The molecule has 0 amide bonds. The Bertz CT molecular complexity index is 709. The highest BCUT2D eigenvalue weighted by Gasteiger charge is 2.21. The Labute approximate surface area is 178 Å². The molecule has 1 heterocycles. The molecule has 27 heavy (non-hydrogen) atoms. The maximum atomic E-state index is 13.9. The number of piperazine rings is 1. The summed E-state index contributed by atoms with van der Waals surface area (Å²) in [7, 11) is -1.41. The minimum atomic E-state index is -3.14. The Hall–Kier alpha value is -1.14. The van der Waals surface area contributed by atoms with Crippen molar-refractivity contribution in [3.05, 3.63) is 30.1 Å². The highest BCUT2D eigenvalue weighted by Crippen LogP contribution is 2.20. The fourth-order valence-corrected chi connectivity index (χ4v) is 3.48. The van der Waals surface area contributed by atoms with Crippen molar-refractivity contribution in [2.45, 2.75) is 13.3 Å². The molecule has 0 aliphatic carbocycles. The van der Waals surface area contributed by atoms with E-state index < -0.39 is 10.0 Å². The summed E-state index contributed by atoms with van der Waals surface area (Å²) in [4.78, 5) is 8.46. The molecule has 0 unspecified atom stereocenters. The van der Waals surface area contributed by atoms with Gasteiger partial charge in [0, 0.05) is 46.3 Å². The molecule has 1 aliphatic heterocycles. The van der Waals surface area contributed by atoms with Gasteiger partial charge in [-0.3, -0.25) is 4.99 Å². The third-order valence-corrected chi connectivity index (χ3v) is 5.73. The minimum Gasteiger partial charge on any atom is -0.366 e. The first-order valence-corrected chi connectivity index (χ1v) is 10.5. The van der Waals surface area contributed by atoms with Crippen LogP contribution in [0.2, 0.25) is 0 Å². The monoisotopic (exact) mass is 513 g/mol. The van der Waals surface area contributed by atoms with Crippen molar-refractivity contribution in [2.75, 3.05) is 57.0 Å². The molecule has 1 aromatic carbocycles. The van der Waals surface area contributed by atoms with Crippen molar-refractivity contribution in [1.82, 2.24) is 14.9 Å². The lowest BCUT2D eigenvalue weighted by Gasteiger charge is -2.37. The summed E-state index contributed by atoms with van der Waals surface area (Å²) in [5.41, 5.74) is 0.637. The largest absolute Gasteiger partial charge is 0.366 e. The number of nitrogens with zero attached hydrogens (tertiary/aromatic N) is 3. The third kappa shape index (κ3) is 7.41. The maximum Gasteiger partial charge on any atom is 0.211 e. The molecule has 0 bridgehead atoms. The predicted octanol–water partition coefficient (Wildman–Crippen LogP) is 1.47. The van der Waals surface area contributed by atoms with Crippen LogP contribution in [-0.4, -0.2) is 71.3 Å². The van der Waals surface area contributed by atoms with Crippen LogP contribution in [-0.2, 0) is 10.0 Å². The van der Waals surface area contributed by atoms with Crippen LogP contribution in [0.5, 0.6) is 0 Å². The van der Waals surface area contributed by atoms with Gasteiger partial charge in [-0.2, -0.15) is 0 Å². The second-order valence-corrected chi connectivity index (χ2v) is 8.15. The summed E-state index contributed by atoms with van der Waals surface area (Å²) in [5, 5.41) is 3.26. The molecule has 1 saturated heterocycles. The second-order valence-electron chi connectivity index (χ2n) is 6.05. The van der Waals surface area contributed by atoms with Gasteiger partial charge in [-0.1, -0.05) is 12.1 Å². The van der Waals surface area contributed by atoms with Gasteiger partial charge in [-0.05, 0) is 25.5 Å². The van der Waals surface area contributed by atoms with Crippen molar-refractivity contribution in [1.29, 1.82) is 0 Å². The number of nitrogens with one attached hydrogen (secondary N) is 2. The molecule has 0 spiro atoms. The van der Waals surface area contributed by atoms with Gasteiger partial charge >= 0.3 is 0 Å². The van der Waals surface area contributed by atoms with E-state index in [0.717, 1.165) is 32.1 Å². The maximum absolute atomic E-state index is 13.9. The number of benzene rings is 1. The van der Waals surface area contributed by atoms with Crippen molar-refractivity contribution >= 4 is 45.6 Å². The first-order valence-electron chi connectivity index (χ1n) is 8.89. The van der Waals surface area contributed by atoms with Gasteiger partial charge in [-0.25, -0.2) is 17.5 Å². The molecular weight excluding hydrogens is 484 g/mol. The van der Waals surface area contributed by atoms with Crippen LogP contribution in [0, 0.1) is 5.82 Å². The number of anilines is 1. The van der Waals surface area contributed by atoms with Gasteiger partial charge in [-0.15, -0.1) is 24.0 Å². The topological polar surface area (TPSA) is 77.0 Å². The van der Waals surface area contributed by atoms with Gasteiger partial charge in [0.05, 0.1) is 11.4 Å². The van der Waals surface area contributed by atoms with Crippen LogP contribution >= 0.6 is 24.0 Å². The van der Waals surface area contributed by atoms with E-state index in [4.69, 9.17) is 0 Å². The minimum absolute atomic E-state index is 0. The highest BCUT2D eigenvalue weighted by atomic mass is 127. The Kier molecular flexibility index (Phi) is 10.3. The standard InChI is InChI=1S/C17H28FN5O2S.HI/c1-3-26(24,25)21-10-6-9-20-17(19-2)23-13-11-22(12-14-23)16-8-5-4-7-15(16)18;/h4-5,7-8,21H,3,6,9-14H2,1-2H3,(H,19,20);1H. The number of sulfonamides is 1. The quantitative estimate of drug-likeness (QED) is 0.250. The Morgan fingerprint density at radius 3 is 2.44 bits per heavy atom. The molecule has 1 fully saturated rings. The zero-order chi connectivity index (χ0) is 19.0. The molecule has 2 rings (SSSR count). The molecule has 154 valence electrons. The lowest BCUT2D eigenvalue weighted by molar-refractivity contribution is 0.370. The summed E-state index contributed by atoms with van der Waals surface area (Å²) in [5.74, 6) is 0.684. The molecule has 1 aliphatic rings. The Morgan fingerprint density at radius 1 is 1.19 bits per heavy atom. The van der Waals surface area contributed by atoms with Crippen LogP contribution in [0.4, 0.5) is 10.1 Å². The molecule has 0 atom stereocenters. The van der Waals surface area contributed by atoms with E-state index in [0.29, 0.717) is 25.2 Å². The van der Waals surface area contributed by atoms with Crippen LogP contribution in [0.1, 0.15) is 13.3 Å². The van der Waals surface area contributed by atoms with E-state index in [1.54, 1.807) is 26.1 Å². The van der Waals surface area contributed by atoms with Crippen molar-refractivity contribution < 1.29 is 12.8 Å². The average molecular weight is 513 g/mol. The number of hydrogen-bond donors (Lipinski definition) is 2. The van der Waals surface area contributed by atoms with E-state index in [2.05, 4.69) is 19.9 Å². The van der Waals surface area contributed by atoms with Gasteiger partial charge in [0.25, 0.3) is 0 Å². The summed E-state index contributed by atoms with van der Waals surface area (Å²) < 4.78 is 39.2. The number of aliphatic imine (C=N–C) groups is 1. The molecule has 2 N–H and O–H groups in total. The van der Waals surface area contributed by atoms with Crippen LogP contribution < -0.4 is 14.9 Å². The Morgan fingerprint density at radius 2 is 1.85 bits per heavy atom. The van der Waals surface area contributed by atoms with Crippen molar-refractivity contribution in [3.63, 3.8) is 0 Å². The molecule has 0 saturated carbocycles. The van der Waals surface area contributed by atoms with E-state index in [1.165, 1.54) is 6.07 Å². The van der Waals surface area contributed by atoms with E-state index in [1.807, 2.05) is 11.0 Å². The first kappa shape index (κ1) is 23.9. The zero-order valence-electron chi connectivity index (χ0n) is 15.8. The van der Waals surface area contributed by atoms with Crippen LogP contribution in [0.15, 0.2) is 29.3 Å². The van der Waals surface area contributed by atoms with E-state index in [-0.39, 0.29) is 35.5 Å². The van der Waals surface area contributed by atoms with Crippen LogP contribution in [0.3, 0.4) is 0 Å². The Balaban J connectivity index is 0.00000364. The average Bonchev–Trinajstić information content (AvgIpc) is 2.65. The summed E-state index contributed by atoms with van der Waals surface area (Å²) in [6.45, 7) is 5.58. The van der Waals surface area contributed by atoms with E-state index >= 15 is 0 Å². The number of para-hydroxylation sites is 1. The number of hydrogen-bond acceptors (Lipinski definition) is 4. The summed E-state index contributed by atoms with van der Waals surface area (Å²) in [6, 6.07) is 6.82. The molecule has 7 nitrogen and oxygen atoms in total. The van der Waals surface area contributed by atoms with Gasteiger partial charge < -0.3 is 15.1 Å². The lowest BCUT2D eigenvalue weighted by atomic mass is 10.2. The van der Waals surface area contributed by atoms with Gasteiger partial charge in [0.15, 0.2) is 5.96 Å². The number of rotatable bonds is 7. The van der Waals surface area contributed by atoms with E-state index in [9.17, 15) is 12.8 Å². The fraction of sp³-hybridized carbons (Fsp3) is 0.588. The molecule has 10 heteroatoms. The first-order chi connectivity index (χ1) is 12.5. The summed E-state index contributed by atoms with van der Waals surface area (Å²) >= 11 is 0. The van der Waals surface area contributed by atoms with Crippen LogP contribution in [0.25, 0.3) is 0 Å². The SMILES string of the molecule is CCS(=O)(=O)NCCCNC(=NC)N1CCN(c2ccccc2F)CC1.I. The fourth-order valence-electron chi connectivity index (χ4n) is 2.82. The third-order valence-electron chi connectivity index (χ3n) is 4.32.